The zero-order valence-electron chi connectivity index (χ0n) is 9.98. The Balaban J connectivity index is 2.09. The lowest BCUT2D eigenvalue weighted by atomic mass is 9.79. The molecule has 1 aliphatic carbocycles. The van der Waals surface area contributed by atoms with Gasteiger partial charge < -0.3 is 10.0 Å². The van der Waals surface area contributed by atoms with E-state index in [1.165, 1.54) is 5.56 Å². The Bertz CT molecular complexity index is 413. The molecule has 1 saturated heterocycles. The molecule has 0 bridgehead atoms. The summed E-state index contributed by atoms with van der Waals surface area (Å²) in [5.41, 5.74) is 1.90. The van der Waals surface area contributed by atoms with Gasteiger partial charge in [0.05, 0.1) is 5.60 Å². The molecule has 2 aliphatic rings. The highest BCUT2D eigenvalue weighted by molar-refractivity contribution is 5.42. The van der Waals surface area contributed by atoms with Crippen molar-refractivity contribution in [2.45, 2.75) is 24.9 Å². The summed E-state index contributed by atoms with van der Waals surface area (Å²) in [4.78, 5) is 2.37. The molecule has 0 spiro atoms. The Morgan fingerprint density at radius 1 is 1.38 bits per heavy atom. The highest BCUT2D eigenvalue weighted by Gasteiger charge is 2.49. The first-order chi connectivity index (χ1) is 7.60. The lowest BCUT2D eigenvalue weighted by Gasteiger charge is -2.37. The van der Waals surface area contributed by atoms with E-state index < -0.39 is 5.60 Å². The number of hydrogen-bond acceptors (Lipinski definition) is 2. The van der Waals surface area contributed by atoms with E-state index in [2.05, 4.69) is 30.1 Å². The minimum Gasteiger partial charge on any atom is -0.385 e. The molecule has 1 aliphatic heterocycles. The summed E-state index contributed by atoms with van der Waals surface area (Å²) in [7, 11) is 2.17. The fourth-order valence-electron chi connectivity index (χ4n) is 3.58. The third-order valence-corrected chi connectivity index (χ3v) is 4.44. The second-order valence-corrected chi connectivity index (χ2v) is 5.50. The third kappa shape index (κ3) is 1.26. The highest BCUT2D eigenvalue weighted by atomic mass is 16.3. The van der Waals surface area contributed by atoms with Crippen LogP contribution in [0.1, 0.15) is 30.4 Å². The van der Waals surface area contributed by atoms with Crippen molar-refractivity contribution < 1.29 is 5.11 Å². The molecule has 0 aromatic heterocycles. The van der Waals surface area contributed by atoms with Gasteiger partial charge in [0.15, 0.2) is 0 Å². The van der Waals surface area contributed by atoms with Gasteiger partial charge in [-0.1, -0.05) is 24.3 Å². The van der Waals surface area contributed by atoms with Gasteiger partial charge >= 0.3 is 0 Å². The molecule has 1 aromatic carbocycles. The smallest absolute Gasteiger partial charge is 0.0906 e. The minimum absolute atomic E-state index is 0.404. The number of likely N-dealkylation sites (N-methyl/N-ethyl adjacent to an activating group) is 1. The molecule has 1 heterocycles. The molecule has 3 unspecified atom stereocenters. The number of aliphatic hydroxyl groups is 1. The lowest BCUT2D eigenvalue weighted by molar-refractivity contribution is -0.0234. The van der Waals surface area contributed by atoms with Crippen molar-refractivity contribution in [3.8, 4) is 0 Å². The molecule has 3 rings (SSSR count). The van der Waals surface area contributed by atoms with Gasteiger partial charge in [0.1, 0.15) is 0 Å². The summed E-state index contributed by atoms with van der Waals surface area (Å²) in [6, 6.07) is 8.40. The second-order valence-electron chi connectivity index (χ2n) is 5.50. The van der Waals surface area contributed by atoms with Crippen LogP contribution in [0.15, 0.2) is 24.3 Å². The van der Waals surface area contributed by atoms with E-state index in [0.29, 0.717) is 11.8 Å². The zero-order chi connectivity index (χ0) is 11.3. The fourth-order valence-corrected chi connectivity index (χ4v) is 3.58. The van der Waals surface area contributed by atoms with Gasteiger partial charge in [0.2, 0.25) is 0 Å². The number of fused-ring (bicyclic) bond motifs is 3. The van der Waals surface area contributed by atoms with Gasteiger partial charge in [-0.2, -0.15) is 0 Å². The van der Waals surface area contributed by atoms with Crippen molar-refractivity contribution in [2.24, 2.45) is 5.92 Å². The largest absolute Gasteiger partial charge is 0.385 e. The SMILES string of the molecule is CN1CCC2C(C1)c1ccccc1C2(C)O. The number of piperidine rings is 1. The second kappa shape index (κ2) is 3.31. The predicted octanol–water partition coefficient (Wildman–Crippen LogP) is 1.94. The van der Waals surface area contributed by atoms with E-state index >= 15 is 0 Å². The van der Waals surface area contributed by atoms with Crippen molar-refractivity contribution in [3.63, 3.8) is 0 Å². The molecule has 1 aromatic rings. The maximum absolute atomic E-state index is 10.7. The number of benzene rings is 1. The molecule has 0 radical (unpaired) electrons. The lowest BCUT2D eigenvalue weighted by Crippen LogP contribution is -2.40. The molecule has 3 atom stereocenters. The summed E-state index contributed by atoms with van der Waals surface area (Å²) in [6.45, 7) is 4.17. The molecule has 0 saturated carbocycles. The molecule has 1 fully saturated rings. The average molecular weight is 217 g/mol. The number of hydrogen-bond donors (Lipinski definition) is 1. The standard InChI is InChI=1S/C14H19NO/c1-14(16)12-6-4-3-5-10(12)11-9-15(2)8-7-13(11)14/h3-6,11,13,16H,7-9H2,1-2H3. The molecule has 0 amide bonds. The first-order valence-electron chi connectivity index (χ1n) is 6.11. The molecule has 2 heteroatoms. The molecule has 2 nitrogen and oxygen atoms in total. The summed E-state index contributed by atoms with van der Waals surface area (Å²) in [5, 5.41) is 10.7. The first kappa shape index (κ1) is 10.3. The van der Waals surface area contributed by atoms with E-state index in [1.54, 1.807) is 0 Å². The quantitative estimate of drug-likeness (QED) is 0.718. The van der Waals surface area contributed by atoms with Gasteiger partial charge in [-0.05, 0) is 38.1 Å². The molecular weight excluding hydrogens is 198 g/mol. The van der Waals surface area contributed by atoms with Crippen LogP contribution >= 0.6 is 0 Å². The van der Waals surface area contributed by atoms with Crippen LogP contribution in [-0.4, -0.2) is 30.1 Å². The van der Waals surface area contributed by atoms with Gasteiger partial charge in [-0.3, -0.25) is 0 Å². The van der Waals surface area contributed by atoms with Crippen LogP contribution in [0.4, 0.5) is 0 Å². The zero-order valence-corrected chi connectivity index (χ0v) is 9.98. The Morgan fingerprint density at radius 3 is 2.94 bits per heavy atom. The monoisotopic (exact) mass is 217 g/mol. The van der Waals surface area contributed by atoms with Gasteiger partial charge in [-0.15, -0.1) is 0 Å². The Morgan fingerprint density at radius 2 is 2.12 bits per heavy atom. The van der Waals surface area contributed by atoms with Crippen LogP contribution < -0.4 is 0 Å². The van der Waals surface area contributed by atoms with Crippen LogP contribution in [0.2, 0.25) is 0 Å². The van der Waals surface area contributed by atoms with E-state index in [-0.39, 0.29) is 0 Å². The van der Waals surface area contributed by atoms with Gasteiger partial charge in [0, 0.05) is 18.4 Å². The van der Waals surface area contributed by atoms with E-state index in [9.17, 15) is 5.11 Å². The van der Waals surface area contributed by atoms with Crippen LogP contribution in [0, 0.1) is 5.92 Å². The van der Waals surface area contributed by atoms with Crippen LogP contribution in [0.25, 0.3) is 0 Å². The number of rotatable bonds is 0. The van der Waals surface area contributed by atoms with Gasteiger partial charge in [-0.25, -0.2) is 0 Å². The van der Waals surface area contributed by atoms with E-state index in [1.807, 2.05) is 13.0 Å². The number of nitrogens with zero attached hydrogens (tertiary/aromatic N) is 1. The van der Waals surface area contributed by atoms with Crippen LogP contribution in [-0.2, 0) is 5.60 Å². The summed E-state index contributed by atoms with van der Waals surface area (Å²) >= 11 is 0. The third-order valence-electron chi connectivity index (χ3n) is 4.44. The van der Waals surface area contributed by atoms with E-state index in [4.69, 9.17) is 0 Å². The average Bonchev–Trinajstić information content (AvgIpc) is 2.49. The molecule has 1 N–H and O–H groups in total. The number of likely N-dealkylation sites (tertiary alicyclic amines) is 1. The van der Waals surface area contributed by atoms with Crippen molar-refractivity contribution in [1.29, 1.82) is 0 Å². The summed E-state index contributed by atoms with van der Waals surface area (Å²) < 4.78 is 0. The summed E-state index contributed by atoms with van der Waals surface area (Å²) in [5.74, 6) is 0.922. The van der Waals surface area contributed by atoms with Crippen molar-refractivity contribution in [3.05, 3.63) is 35.4 Å². The van der Waals surface area contributed by atoms with Crippen molar-refractivity contribution in [1.82, 2.24) is 4.90 Å². The van der Waals surface area contributed by atoms with Gasteiger partial charge in [0.25, 0.3) is 0 Å². The maximum Gasteiger partial charge on any atom is 0.0906 e. The highest BCUT2D eigenvalue weighted by Crippen LogP contribution is 2.52. The predicted molar refractivity (Wildman–Crippen MR) is 64.4 cm³/mol. The van der Waals surface area contributed by atoms with Crippen molar-refractivity contribution >= 4 is 0 Å². The van der Waals surface area contributed by atoms with Crippen LogP contribution in [0.3, 0.4) is 0 Å². The molecule has 16 heavy (non-hydrogen) atoms. The fraction of sp³-hybridized carbons (Fsp3) is 0.571. The molecule has 86 valence electrons. The Hall–Kier alpha value is -0.860. The Labute approximate surface area is 96.9 Å². The first-order valence-corrected chi connectivity index (χ1v) is 6.11. The van der Waals surface area contributed by atoms with Crippen molar-refractivity contribution in [2.75, 3.05) is 20.1 Å². The van der Waals surface area contributed by atoms with Crippen LogP contribution in [0.5, 0.6) is 0 Å². The normalized spacial score (nSPS) is 38.2. The summed E-state index contributed by atoms with van der Waals surface area (Å²) in [6.07, 6.45) is 1.10. The Kier molecular flexibility index (Phi) is 2.13. The molecular formula is C14H19NO. The maximum atomic E-state index is 10.7. The minimum atomic E-state index is -0.622. The topological polar surface area (TPSA) is 23.5 Å². The van der Waals surface area contributed by atoms with E-state index in [0.717, 1.165) is 25.1 Å².